The number of aliphatic carboxylic acids is 1. The van der Waals surface area contributed by atoms with Crippen molar-refractivity contribution in [2.45, 2.75) is 44.8 Å². The van der Waals surface area contributed by atoms with Gasteiger partial charge in [-0.05, 0) is 33.1 Å². The van der Waals surface area contributed by atoms with Gasteiger partial charge in [-0.1, -0.05) is 0 Å². The smallest absolute Gasteiger partial charge is 0.328 e. The molecule has 0 spiro atoms. The Morgan fingerprint density at radius 3 is 2.65 bits per heavy atom. The highest BCUT2D eigenvalue weighted by molar-refractivity contribution is 5.85. The van der Waals surface area contributed by atoms with Crippen molar-refractivity contribution in [3.63, 3.8) is 0 Å². The summed E-state index contributed by atoms with van der Waals surface area (Å²) in [4.78, 5) is 22.3. The lowest BCUT2D eigenvalue weighted by Crippen LogP contribution is -2.54. The maximum Gasteiger partial charge on any atom is 0.328 e. The van der Waals surface area contributed by atoms with Crippen LogP contribution >= 0.6 is 0 Å². The Morgan fingerprint density at radius 1 is 1.41 bits per heavy atom. The average Bonchev–Trinajstić information content (AvgIpc) is 2.27. The lowest BCUT2D eigenvalue weighted by atomic mass is 10.1. The first-order chi connectivity index (χ1) is 7.92. The molecule has 1 atom stereocenters. The molecular weight excluding hydrogens is 224 g/mol. The van der Waals surface area contributed by atoms with E-state index in [2.05, 4.69) is 10.6 Å². The summed E-state index contributed by atoms with van der Waals surface area (Å²) in [7, 11) is 0. The third-order valence-electron chi connectivity index (χ3n) is 2.72. The second-order valence-corrected chi connectivity index (χ2v) is 4.75. The number of nitrogens with one attached hydrogen (secondary N) is 2. The van der Waals surface area contributed by atoms with Gasteiger partial charge in [-0.15, -0.1) is 0 Å². The van der Waals surface area contributed by atoms with Crippen molar-refractivity contribution in [3.05, 3.63) is 0 Å². The van der Waals surface area contributed by atoms with E-state index < -0.39 is 17.5 Å². The number of hydrogen-bond donors (Lipinski definition) is 3. The fourth-order valence-corrected chi connectivity index (χ4v) is 1.56. The predicted molar refractivity (Wildman–Crippen MR) is 61.8 cm³/mol. The molecule has 0 aromatic carbocycles. The van der Waals surface area contributed by atoms with Gasteiger partial charge in [0.1, 0.15) is 5.54 Å². The van der Waals surface area contributed by atoms with Crippen LogP contribution < -0.4 is 10.6 Å². The predicted octanol–water partition coefficient (Wildman–Crippen LogP) is 0.718. The number of amides is 2. The van der Waals surface area contributed by atoms with Crippen LogP contribution in [-0.4, -0.2) is 41.9 Å². The molecule has 0 bridgehead atoms. The van der Waals surface area contributed by atoms with E-state index in [1.807, 2.05) is 0 Å². The number of urea groups is 1. The van der Waals surface area contributed by atoms with Gasteiger partial charge < -0.3 is 20.5 Å². The van der Waals surface area contributed by atoms with Crippen LogP contribution in [0.25, 0.3) is 0 Å². The first kappa shape index (κ1) is 13.8. The lowest BCUT2D eigenvalue weighted by molar-refractivity contribution is -0.142. The SMILES string of the molecule is CC(C)(NC(=O)NCC1CCCCO1)C(=O)O. The number of hydrogen-bond acceptors (Lipinski definition) is 3. The van der Waals surface area contributed by atoms with E-state index in [1.165, 1.54) is 13.8 Å². The van der Waals surface area contributed by atoms with Crippen LogP contribution in [0.3, 0.4) is 0 Å². The van der Waals surface area contributed by atoms with Gasteiger partial charge in [-0.3, -0.25) is 0 Å². The zero-order valence-corrected chi connectivity index (χ0v) is 10.3. The van der Waals surface area contributed by atoms with Gasteiger partial charge in [0.2, 0.25) is 0 Å². The summed E-state index contributed by atoms with van der Waals surface area (Å²) >= 11 is 0. The van der Waals surface area contributed by atoms with E-state index in [0.29, 0.717) is 6.54 Å². The number of carbonyl (C=O) groups is 2. The van der Waals surface area contributed by atoms with Gasteiger partial charge in [-0.25, -0.2) is 9.59 Å². The van der Waals surface area contributed by atoms with Crippen molar-refractivity contribution >= 4 is 12.0 Å². The third-order valence-corrected chi connectivity index (χ3v) is 2.72. The van der Waals surface area contributed by atoms with Crippen LogP contribution in [0.15, 0.2) is 0 Å². The first-order valence-electron chi connectivity index (χ1n) is 5.83. The van der Waals surface area contributed by atoms with Gasteiger partial charge in [0.15, 0.2) is 0 Å². The Balaban J connectivity index is 2.27. The molecule has 0 radical (unpaired) electrons. The van der Waals surface area contributed by atoms with Gasteiger partial charge in [-0.2, -0.15) is 0 Å². The van der Waals surface area contributed by atoms with Crippen LogP contribution in [0, 0.1) is 0 Å². The molecule has 0 saturated carbocycles. The number of ether oxygens (including phenoxy) is 1. The van der Waals surface area contributed by atoms with Crippen molar-refractivity contribution in [1.82, 2.24) is 10.6 Å². The molecule has 1 aliphatic heterocycles. The molecule has 0 aliphatic carbocycles. The first-order valence-corrected chi connectivity index (χ1v) is 5.83. The van der Waals surface area contributed by atoms with E-state index in [0.717, 1.165) is 25.9 Å². The highest BCUT2D eigenvalue weighted by Gasteiger charge is 2.29. The van der Waals surface area contributed by atoms with Gasteiger partial charge in [0.05, 0.1) is 6.10 Å². The summed E-state index contributed by atoms with van der Waals surface area (Å²) in [5.41, 5.74) is -1.27. The van der Waals surface area contributed by atoms with E-state index in [1.54, 1.807) is 0 Å². The molecule has 1 unspecified atom stereocenters. The highest BCUT2D eigenvalue weighted by atomic mass is 16.5. The average molecular weight is 244 g/mol. The molecule has 1 aliphatic rings. The molecule has 1 heterocycles. The Labute approximate surface area is 101 Å². The molecule has 1 rings (SSSR count). The van der Waals surface area contributed by atoms with Crippen molar-refractivity contribution in [1.29, 1.82) is 0 Å². The minimum Gasteiger partial charge on any atom is -0.480 e. The largest absolute Gasteiger partial charge is 0.480 e. The summed E-state index contributed by atoms with van der Waals surface area (Å²) in [6, 6.07) is -0.480. The van der Waals surface area contributed by atoms with Gasteiger partial charge >= 0.3 is 12.0 Å². The zero-order valence-electron chi connectivity index (χ0n) is 10.3. The molecule has 6 heteroatoms. The van der Waals surface area contributed by atoms with Crippen LogP contribution in [0.4, 0.5) is 4.79 Å². The molecule has 1 saturated heterocycles. The molecule has 98 valence electrons. The zero-order chi connectivity index (χ0) is 12.9. The third kappa shape index (κ3) is 4.60. The van der Waals surface area contributed by atoms with Crippen molar-refractivity contribution < 1.29 is 19.4 Å². The fraction of sp³-hybridized carbons (Fsp3) is 0.818. The van der Waals surface area contributed by atoms with Crippen molar-refractivity contribution in [3.8, 4) is 0 Å². The second-order valence-electron chi connectivity index (χ2n) is 4.75. The number of carboxylic acid groups (broad SMARTS) is 1. The van der Waals surface area contributed by atoms with Gasteiger partial charge in [0, 0.05) is 13.2 Å². The summed E-state index contributed by atoms with van der Waals surface area (Å²) in [6.07, 6.45) is 3.15. The quantitative estimate of drug-likeness (QED) is 0.680. The number of rotatable bonds is 4. The van der Waals surface area contributed by atoms with Crippen LogP contribution in [0.2, 0.25) is 0 Å². The summed E-state index contributed by atoms with van der Waals surface area (Å²) in [5, 5.41) is 13.9. The molecule has 0 aromatic heterocycles. The Kier molecular flexibility index (Phi) is 4.74. The molecule has 2 amide bonds. The monoisotopic (exact) mass is 244 g/mol. The highest BCUT2D eigenvalue weighted by Crippen LogP contribution is 2.11. The van der Waals surface area contributed by atoms with Crippen LogP contribution in [0.1, 0.15) is 33.1 Å². The molecule has 3 N–H and O–H groups in total. The fourth-order valence-electron chi connectivity index (χ4n) is 1.56. The molecule has 17 heavy (non-hydrogen) atoms. The lowest BCUT2D eigenvalue weighted by Gasteiger charge is -2.25. The Morgan fingerprint density at radius 2 is 2.12 bits per heavy atom. The van der Waals surface area contributed by atoms with E-state index in [4.69, 9.17) is 9.84 Å². The maximum atomic E-state index is 11.5. The number of carbonyl (C=O) groups excluding carboxylic acids is 1. The standard InChI is InChI=1S/C11H20N2O4/c1-11(2,9(14)15)13-10(16)12-7-8-5-3-4-6-17-8/h8H,3-7H2,1-2H3,(H,14,15)(H2,12,13,16). The molecule has 0 aromatic rings. The van der Waals surface area contributed by atoms with Crippen LogP contribution in [-0.2, 0) is 9.53 Å². The van der Waals surface area contributed by atoms with Gasteiger partial charge in [0.25, 0.3) is 0 Å². The molecule has 1 fully saturated rings. The van der Waals surface area contributed by atoms with Crippen molar-refractivity contribution in [2.75, 3.05) is 13.2 Å². The molecular formula is C11H20N2O4. The van der Waals surface area contributed by atoms with Crippen LogP contribution in [0.5, 0.6) is 0 Å². The Bertz CT molecular complexity index is 285. The van der Waals surface area contributed by atoms with E-state index in [9.17, 15) is 9.59 Å². The van der Waals surface area contributed by atoms with Crippen molar-refractivity contribution in [2.24, 2.45) is 0 Å². The summed E-state index contributed by atoms with van der Waals surface area (Å²) in [5.74, 6) is -1.07. The Hall–Kier alpha value is -1.30. The topological polar surface area (TPSA) is 87.7 Å². The molecule has 6 nitrogen and oxygen atoms in total. The summed E-state index contributed by atoms with van der Waals surface area (Å²) in [6.45, 7) is 4.02. The normalized spacial score (nSPS) is 20.7. The minimum atomic E-state index is -1.27. The second kappa shape index (κ2) is 5.86. The number of carboxylic acids is 1. The summed E-state index contributed by atoms with van der Waals surface area (Å²) < 4.78 is 5.45. The van der Waals surface area contributed by atoms with E-state index >= 15 is 0 Å². The van der Waals surface area contributed by atoms with E-state index in [-0.39, 0.29) is 6.10 Å². The minimum absolute atomic E-state index is 0.0439. The maximum absolute atomic E-state index is 11.5.